The largest absolute Gasteiger partial charge is 0.494 e. The van der Waals surface area contributed by atoms with Gasteiger partial charge in [0.25, 0.3) is 0 Å². The molecule has 1 fully saturated rings. The molecular weight excluding hydrogens is 523 g/mol. The number of furan rings is 1. The number of carbonyl (C=O) groups is 1. The molecule has 1 saturated heterocycles. The van der Waals surface area contributed by atoms with Crippen LogP contribution in [0.4, 0.5) is 19.1 Å². The summed E-state index contributed by atoms with van der Waals surface area (Å²) in [5.41, 5.74) is 0.457. The summed E-state index contributed by atoms with van der Waals surface area (Å²) in [6.07, 6.45) is -2.22. The zero-order valence-corrected chi connectivity index (χ0v) is 20.5. The average Bonchev–Trinajstić information content (AvgIpc) is 3.53. The van der Waals surface area contributed by atoms with Crippen LogP contribution >= 0.6 is 0 Å². The Kier molecular flexibility index (Phi) is 8.65. The highest BCUT2D eigenvalue weighted by Gasteiger charge is 2.38. The van der Waals surface area contributed by atoms with Crippen LogP contribution in [0.2, 0.25) is 0 Å². The number of rotatable bonds is 7. The lowest BCUT2D eigenvalue weighted by Crippen LogP contribution is -2.41. The van der Waals surface area contributed by atoms with Crippen molar-refractivity contribution in [3.05, 3.63) is 36.6 Å². The van der Waals surface area contributed by atoms with Gasteiger partial charge < -0.3 is 24.3 Å². The summed E-state index contributed by atoms with van der Waals surface area (Å²) in [4.78, 5) is 8.90. The fraction of sp³-hybridized carbons (Fsp3) is 0.381. The molecule has 3 aromatic rings. The molecule has 0 aliphatic carbocycles. The minimum absolute atomic E-state index is 0.0229. The molecule has 1 aliphatic rings. The molecule has 1 aromatic carbocycles. The third kappa shape index (κ3) is 6.51. The van der Waals surface area contributed by atoms with Crippen LogP contribution in [-0.2, 0) is 14.8 Å². The molecular formula is C21H24F3N5O7S. The summed E-state index contributed by atoms with van der Waals surface area (Å²) in [7, 11) is -0.668. The maximum Gasteiger partial charge on any atom is 0.490 e. The van der Waals surface area contributed by atoms with Gasteiger partial charge in [-0.3, -0.25) is 9.29 Å². The topological polar surface area (TPSA) is 158 Å². The first kappa shape index (κ1) is 27.8. The van der Waals surface area contributed by atoms with Crippen LogP contribution in [0.1, 0.15) is 12.8 Å². The van der Waals surface area contributed by atoms with E-state index in [0.717, 1.165) is 13.0 Å². The first-order valence-electron chi connectivity index (χ1n) is 10.7. The minimum Gasteiger partial charge on any atom is -0.494 e. The van der Waals surface area contributed by atoms with E-state index in [0.29, 0.717) is 41.7 Å². The minimum atomic E-state index is -5.08. The van der Waals surface area contributed by atoms with Crippen molar-refractivity contribution < 1.29 is 45.4 Å². The first-order chi connectivity index (χ1) is 17.5. The highest BCUT2D eigenvalue weighted by molar-refractivity contribution is 7.93. The Morgan fingerprint density at radius 3 is 2.32 bits per heavy atom. The van der Waals surface area contributed by atoms with Crippen LogP contribution in [0, 0.1) is 0 Å². The molecule has 0 saturated carbocycles. The van der Waals surface area contributed by atoms with Gasteiger partial charge in [-0.2, -0.15) is 13.2 Å². The number of nitrogens with zero attached hydrogens (tertiary/aromatic N) is 3. The lowest BCUT2D eigenvalue weighted by molar-refractivity contribution is -0.192. The van der Waals surface area contributed by atoms with E-state index in [-0.39, 0.29) is 5.95 Å². The monoisotopic (exact) mass is 547 g/mol. The zero-order valence-electron chi connectivity index (χ0n) is 19.7. The van der Waals surface area contributed by atoms with Crippen molar-refractivity contribution in [1.82, 2.24) is 20.1 Å². The van der Waals surface area contributed by atoms with Gasteiger partial charge in [-0.15, -0.1) is 10.2 Å². The Morgan fingerprint density at radius 2 is 1.84 bits per heavy atom. The number of nitrogens with one attached hydrogen (secondary N) is 2. The number of hydrogen-bond donors (Lipinski definition) is 3. The molecule has 0 bridgehead atoms. The number of para-hydroxylation sites is 1. The number of halogens is 3. The summed E-state index contributed by atoms with van der Waals surface area (Å²) in [6.45, 7) is 1.19. The third-order valence-electron chi connectivity index (χ3n) is 5.20. The van der Waals surface area contributed by atoms with Crippen molar-refractivity contribution >= 4 is 21.9 Å². The lowest BCUT2D eigenvalue weighted by Gasteiger charge is -2.23. The fourth-order valence-electron chi connectivity index (χ4n) is 3.47. The molecule has 12 nitrogen and oxygen atoms in total. The predicted molar refractivity (Wildman–Crippen MR) is 124 cm³/mol. The normalized spacial score (nSPS) is 15.9. The van der Waals surface area contributed by atoms with E-state index in [1.54, 1.807) is 30.3 Å². The van der Waals surface area contributed by atoms with E-state index < -0.39 is 27.4 Å². The van der Waals surface area contributed by atoms with E-state index in [4.69, 9.17) is 23.8 Å². The van der Waals surface area contributed by atoms with Gasteiger partial charge in [-0.05, 0) is 43.7 Å². The number of alkyl halides is 3. The summed E-state index contributed by atoms with van der Waals surface area (Å²) < 4.78 is 78.4. The van der Waals surface area contributed by atoms with Gasteiger partial charge in [0, 0.05) is 6.54 Å². The molecule has 2 aromatic heterocycles. The molecule has 4 rings (SSSR count). The predicted octanol–water partition coefficient (Wildman–Crippen LogP) is 2.67. The van der Waals surface area contributed by atoms with Gasteiger partial charge in [-0.25, -0.2) is 13.2 Å². The number of benzene rings is 1. The maximum absolute atomic E-state index is 13.0. The molecule has 37 heavy (non-hydrogen) atoms. The van der Waals surface area contributed by atoms with Gasteiger partial charge in [0.05, 0.1) is 25.7 Å². The number of ether oxygens (including phenoxy) is 2. The highest BCUT2D eigenvalue weighted by Crippen LogP contribution is 2.38. The molecule has 0 radical (unpaired) electrons. The van der Waals surface area contributed by atoms with Gasteiger partial charge in [0.2, 0.25) is 21.8 Å². The van der Waals surface area contributed by atoms with Crippen LogP contribution < -0.4 is 19.5 Å². The molecule has 202 valence electrons. The van der Waals surface area contributed by atoms with Crippen molar-refractivity contribution in [3.63, 3.8) is 0 Å². The van der Waals surface area contributed by atoms with Crippen LogP contribution in [0.25, 0.3) is 17.3 Å². The fourth-order valence-corrected chi connectivity index (χ4v) is 4.84. The zero-order chi connectivity index (χ0) is 27.2. The van der Waals surface area contributed by atoms with Crippen LogP contribution in [0.5, 0.6) is 11.5 Å². The Hall–Kier alpha value is -3.79. The quantitative estimate of drug-likeness (QED) is 0.402. The number of aliphatic carboxylic acids is 1. The second kappa shape index (κ2) is 11.5. The average molecular weight is 548 g/mol. The number of anilines is 1. The van der Waals surface area contributed by atoms with Crippen molar-refractivity contribution in [3.8, 4) is 28.8 Å². The van der Waals surface area contributed by atoms with E-state index in [1.165, 1.54) is 25.0 Å². The number of sulfonamides is 1. The lowest BCUT2D eigenvalue weighted by atomic mass is 10.2. The Labute approximate surface area is 209 Å². The molecule has 0 unspecified atom stereocenters. The molecule has 16 heteroatoms. The van der Waals surface area contributed by atoms with E-state index in [1.807, 2.05) is 0 Å². The van der Waals surface area contributed by atoms with Crippen LogP contribution in [0.15, 0.2) is 41.0 Å². The van der Waals surface area contributed by atoms with E-state index >= 15 is 0 Å². The molecule has 0 amide bonds. The maximum atomic E-state index is 13.0. The van der Waals surface area contributed by atoms with Crippen LogP contribution in [0.3, 0.4) is 0 Å². The third-order valence-corrected chi connectivity index (χ3v) is 6.94. The van der Waals surface area contributed by atoms with Gasteiger partial charge in [-0.1, -0.05) is 6.07 Å². The highest BCUT2D eigenvalue weighted by atomic mass is 32.2. The second-order valence-corrected chi connectivity index (χ2v) is 9.55. The van der Waals surface area contributed by atoms with Gasteiger partial charge in [0.15, 0.2) is 5.76 Å². The van der Waals surface area contributed by atoms with Gasteiger partial charge in [0.1, 0.15) is 17.2 Å². The number of hydrogen-bond acceptors (Lipinski definition) is 9. The van der Waals surface area contributed by atoms with Crippen molar-refractivity contribution in [2.24, 2.45) is 0 Å². The van der Waals surface area contributed by atoms with Crippen molar-refractivity contribution in [2.45, 2.75) is 24.3 Å². The van der Waals surface area contributed by atoms with Crippen molar-refractivity contribution in [2.75, 3.05) is 32.0 Å². The second-order valence-electron chi connectivity index (χ2n) is 7.59. The smallest absolute Gasteiger partial charge is 0.490 e. The molecule has 3 N–H and O–H groups in total. The number of piperidine rings is 1. The Morgan fingerprint density at radius 1 is 1.19 bits per heavy atom. The molecule has 1 atom stereocenters. The van der Waals surface area contributed by atoms with Gasteiger partial charge >= 0.3 is 12.1 Å². The number of carboxylic acid groups (broad SMARTS) is 1. The summed E-state index contributed by atoms with van der Waals surface area (Å²) in [6, 6.07) is 8.69. The number of carboxylic acids is 1. The Balaban J connectivity index is 0.000000479. The summed E-state index contributed by atoms with van der Waals surface area (Å²) in [5, 5.41) is 18.0. The Bertz CT molecular complexity index is 1280. The first-order valence-corrected chi connectivity index (χ1v) is 12.3. The molecule has 0 spiro atoms. The summed E-state index contributed by atoms with van der Waals surface area (Å²) >= 11 is 0. The molecule has 1 aliphatic heterocycles. The van der Waals surface area contributed by atoms with E-state index in [2.05, 4.69) is 20.2 Å². The number of methoxy groups -OCH3 is 2. The number of aromatic nitrogens is 3. The standard InChI is InChI=1S/C19H23N5O5S.C2HF3O2/c1-27-14-7-3-8-15(28-2)17(14)24-18(16-9-5-11-29-16)21-22-19(24)23-30(25,26)13-6-4-10-20-12-13;3-2(4,5)1(6)7/h3,5,7-9,11,13,20H,4,6,10,12H2,1-2H3,(H,22,23);(H,6,7)/t13-;/m1./s1. The van der Waals surface area contributed by atoms with Crippen molar-refractivity contribution in [1.29, 1.82) is 0 Å². The molecule has 3 heterocycles. The summed E-state index contributed by atoms with van der Waals surface area (Å²) in [5.74, 6) is -1.09. The SMILES string of the molecule is COc1cccc(OC)c1-n1c(NS(=O)(=O)[C@@H]2CCCNC2)nnc1-c1ccco1.O=C(O)C(F)(F)F. The van der Waals surface area contributed by atoms with Crippen LogP contribution in [-0.4, -0.2) is 73.0 Å². The van der Waals surface area contributed by atoms with E-state index in [9.17, 15) is 21.6 Å².